The van der Waals surface area contributed by atoms with Gasteiger partial charge < -0.3 is 5.11 Å². The molecule has 0 heterocycles. The Morgan fingerprint density at radius 1 is 1.24 bits per heavy atom. The molecule has 0 bridgehead atoms. The molecule has 0 radical (unpaired) electrons. The molecule has 94 valence electrons. The van der Waals surface area contributed by atoms with Crippen molar-refractivity contribution in [3.05, 3.63) is 33.8 Å². The van der Waals surface area contributed by atoms with Gasteiger partial charge in [0.15, 0.2) is 0 Å². The summed E-state index contributed by atoms with van der Waals surface area (Å²) in [4.78, 5) is 0. The van der Waals surface area contributed by atoms with Crippen molar-refractivity contribution in [3.8, 4) is 0 Å². The van der Waals surface area contributed by atoms with Gasteiger partial charge in [0.2, 0.25) is 0 Å². The average Bonchev–Trinajstić information content (AvgIpc) is 2.49. The molecule has 1 N–H and O–H groups in total. The van der Waals surface area contributed by atoms with Gasteiger partial charge >= 0.3 is 0 Å². The highest BCUT2D eigenvalue weighted by molar-refractivity contribution is 6.42. The molecule has 0 amide bonds. The summed E-state index contributed by atoms with van der Waals surface area (Å²) in [6.07, 6.45) is 3.55. The first-order chi connectivity index (χ1) is 7.86. The lowest BCUT2D eigenvalue weighted by Gasteiger charge is -2.37. The molecule has 1 unspecified atom stereocenters. The van der Waals surface area contributed by atoms with Crippen LogP contribution in [0.3, 0.4) is 0 Å². The fourth-order valence-corrected chi connectivity index (χ4v) is 3.11. The van der Waals surface area contributed by atoms with Crippen molar-refractivity contribution in [2.45, 2.75) is 45.1 Å². The van der Waals surface area contributed by atoms with Gasteiger partial charge in [-0.1, -0.05) is 49.2 Å². The number of hydrogen-bond acceptors (Lipinski definition) is 1. The van der Waals surface area contributed by atoms with Crippen molar-refractivity contribution in [1.82, 2.24) is 0 Å². The monoisotopic (exact) mass is 272 g/mol. The van der Waals surface area contributed by atoms with Crippen LogP contribution in [-0.2, 0) is 6.42 Å². The van der Waals surface area contributed by atoms with Crippen molar-refractivity contribution < 1.29 is 5.11 Å². The zero-order valence-corrected chi connectivity index (χ0v) is 11.8. The van der Waals surface area contributed by atoms with E-state index in [4.69, 9.17) is 23.2 Å². The molecule has 0 aromatic heterocycles. The predicted octanol–water partition coefficient (Wildman–Crippen LogP) is 4.48. The maximum Gasteiger partial charge on any atom is 0.0739 e. The van der Waals surface area contributed by atoms with Crippen LogP contribution in [0.2, 0.25) is 10.0 Å². The lowest BCUT2D eigenvalue weighted by molar-refractivity contribution is -0.0419. The van der Waals surface area contributed by atoms with Crippen molar-refractivity contribution in [3.63, 3.8) is 0 Å². The van der Waals surface area contributed by atoms with E-state index in [9.17, 15) is 5.11 Å². The largest absolute Gasteiger partial charge is 0.389 e. The van der Waals surface area contributed by atoms with E-state index in [0.29, 0.717) is 16.5 Å². The highest BCUT2D eigenvalue weighted by Crippen LogP contribution is 2.48. The van der Waals surface area contributed by atoms with Gasteiger partial charge in [-0.15, -0.1) is 0 Å². The van der Waals surface area contributed by atoms with Crippen molar-refractivity contribution in [2.75, 3.05) is 0 Å². The maximum atomic E-state index is 10.8. The number of aliphatic hydroxyl groups is 1. The topological polar surface area (TPSA) is 20.2 Å². The van der Waals surface area contributed by atoms with Crippen LogP contribution in [0.1, 0.15) is 38.7 Å². The van der Waals surface area contributed by atoms with Gasteiger partial charge in [-0.05, 0) is 36.3 Å². The summed E-state index contributed by atoms with van der Waals surface area (Å²) < 4.78 is 0. The number of rotatable bonds is 2. The van der Waals surface area contributed by atoms with Gasteiger partial charge in [0.1, 0.15) is 0 Å². The smallest absolute Gasteiger partial charge is 0.0739 e. The van der Waals surface area contributed by atoms with Crippen molar-refractivity contribution in [2.24, 2.45) is 5.41 Å². The van der Waals surface area contributed by atoms with Crippen LogP contribution in [0.4, 0.5) is 0 Å². The van der Waals surface area contributed by atoms with Crippen molar-refractivity contribution >= 4 is 23.2 Å². The lowest BCUT2D eigenvalue weighted by Crippen LogP contribution is -2.41. The molecule has 1 aromatic carbocycles. The molecule has 1 nitrogen and oxygen atoms in total. The molecule has 2 rings (SSSR count). The van der Waals surface area contributed by atoms with E-state index < -0.39 is 5.60 Å². The van der Waals surface area contributed by atoms with E-state index in [-0.39, 0.29) is 5.41 Å². The predicted molar refractivity (Wildman–Crippen MR) is 72.7 cm³/mol. The molecule has 0 spiro atoms. The van der Waals surface area contributed by atoms with Crippen molar-refractivity contribution in [1.29, 1.82) is 0 Å². The second-order valence-corrected chi connectivity index (χ2v) is 6.44. The normalized spacial score (nSPS) is 27.4. The Labute approximate surface area is 113 Å². The van der Waals surface area contributed by atoms with Crippen LogP contribution in [0.15, 0.2) is 18.2 Å². The van der Waals surface area contributed by atoms with Crippen LogP contribution in [0.5, 0.6) is 0 Å². The third kappa shape index (κ3) is 2.33. The summed E-state index contributed by atoms with van der Waals surface area (Å²) in [5, 5.41) is 11.9. The SMILES string of the molecule is CC1(C)CCCC1(O)Cc1cccc(Cl)c1Cl. The Morgan fingerprint density at radius 3 is 2.53 bits per heavy atom. The van der Waals surface area contributed by atoms with E-state index >= 15 is 0 Å². The first-order valence-electron chi connectivity index (χ1n) is 6.01. The molecular formula is C14H18Cl2O. The van der Waals surface area contributed by atoms with Crippen LogP contribution in [0.25, 0.3) is 0 Å². The molecule has 17 heavy (non-hydrogen) atoms. The second-order valence-electron chi connectivity index (χ2n) is 5.66. The Morgan fingerprint density at radius 2 is 1.94 bits per heavy atom. The van der Waals surface area contributed by atoms with Gasteiger partial charge in [0.25, 0.3) is 0 Å². The van der Waals surface area contributed by atoms with E-state index in [1.54, 1.807) is 6.07 Å². The summed E-state index contributed by atoms with van der Waals surface area (Å²) >= 11 is 12.2. The third-order valence-electron chi connectivity index (χ3n) is 4.17. The second kappa shape index (κ2) is 4.46. The summed E-state index contributed by atoms with van der Waals surface area (Å²) in [6, 6.07) is 5.60. The Bertz CT molecular complexity index is 428. The molecule has 0 aliphatic heterocycles. The fraction of sp³-hybridized carbons (Fsp3) is 0.571. The molecule has 0 saturated heterocycles. The molecule has 1 aromatic rings. The van der Waals surface area contributed by atoms with E-state index in [0.717, 1.165) is 24.8 Å². The minimum Gasteiger partial charge on any atom is -0.389 e. The summed E-state index contributed by atoms with van der Waals surface area (Å²) in [7, 11) is 0. The lowest BCUT2D eigenvalue weighted by atomic mass is 9.74. The first kappa shape index (κ1) is 13.2. The van der Waals surface area contributed by atoms with Crippen LogP contribution >= 0.6 is 23.2 Å². The minimum atomic E-state index is -0.665. The summed E-state index contributed by atoms with van der Waals surface area (Å²) in [5.74, 6) is 0. The van der Waals surface area contributed by atoms with Gasteiger partial charge in [0, 0.05) is 6.42 Å². The molecule has 3 heteroatoms. The number of halogens is 2. The highest BCUT2D eigenvalue weighted by atomic mass is 35.5. The van der Waals surface area contributed by atoms with Crippen LogP contribution < -0.4 is 0 Å². The van der Waals surface area contributed by atoms with Gasteiger partial charge in [0.05, 0.1) is 15.6 Å². The standard InChI is InChI=1S/C14H18Cl2O/c1-13(2)7-4-8-14(13,17)9-10-5-3-6-11(15)12(10)16/h3,5-6,17H,4,7-9H2,1-2H3. The van der Waals surface area contributed by atoms with E-state index in [1.807, 2.05) is 12.1 Å². The Balaban J connectivity index is 2.29. The highest BCUT2D eigenvalue weighted by Gasteiger charge is 2.47. The van der Waals surface area contributed by atoms with Crippen LogP contribution in [-0.4, -0.2) is 10.7 Å². The van der Waals surface area contributed by atoms with Gasteiger partial charge in [-0.25, -0.2) is 0 Å². The minimum absolute atomic E-state index is 0.0569. The summed E-state index contributed by atoms with van der Waals surface area (Å²) in [6.45, 7) is 4.25. The molecule has 1 aliphatic rings. The molecule has 1 aliphatic carbocycles. The average molecular weight is 273 g/mol. The Hall–Kier alpha value is -0.240. The molecule has 1 fully saturated rings. The number of benzene rings is 1. The van der Waals surface area contributed by atoms with Crippen LogP contribution in [0, 0.1) is 5.41 Å². The molecule has 1 atom stereocenters. The van der Waals surface area contributed by atoms with E-state index in [2.05, 4.69) is 13.8 Å². The number of hydrogen-bond donors (Lipinski definition) is 1. The zero-order valence-electron chi connectivity index (χ0n) is 10.3. The van der Waals surface area contributed by atoms with E-state index in [1.165, 1.54) is 0 Å². The first-order valence-corrected chi connectivity index (χ1v) is 6.77. The van der Waals surface area contributed by atoms with Gasteiger partial charge in [-0.2, -0.15) is 0 Å². The molecule has 1 saturated carbocycles. The molecular weight excluding hydrogens is 255 g/mol. The Kier molecular flexibility index (Phi) is 3.46. The maximum absolute atomic E-state index is 10.8. The third-order valence-corrected chi connectivity index (χ3v) is 5.02. The quantitative estimate of drug-likeness (QED) is 0.842. The fourth-order valence-electron chi connectivity index (χ4n) is 2.72. The summed E-state index contributed by atoms with van der Waals surface area (Å²) in [5.41, 5.74) is 0.219. The van der Waals surface area contributed by atoms with Gasteiger partial charge in [-0.3, -0.25) is 0 Å². The zero-order chi connectivity index (χ0) is 12.7.